The second-order valence-corrected chi connectivity index (χ2v) is 8.18. The molecule has 1 aromatic carbocycles. The summed E-state index contributed by atoms with van der Waals surface area (Å²) in [6.45, 7) is 5.56. The number of nitrogens with zero attached hydrogens (tertiary/aromatic N) is 1. The number of benzene rings is 1. The summed E-state index contributed by atoms with van der Waals surface area (Å²) in [6.07, 6.45) is 0.943. The second kappa shape index (κ2) is 5.77. The predicted molar refractivity (Wildman–Crippen MR) is 90.1 cm³/mol. The van der Waals surface area contributed by atoms with Gasteiger partial charge in [-0.15, -0.1) is 0 Å². The molecule has 126 valence electrons. The van der Waals surface area contributed by atoms with E-state index in [0.717, 1.165) is 18.6 Å². The molecule has 1 saturated heterocycles. The van der Waals surface area contributed by atoms with Gasteiger partial charge in [-0.1, -0.05) is 0 Å². The van der Waals surface area contributed by atoms with Crippen LogP contribution in [0.15, 0.2) is 18.2 Å². The van der Waals surface area contributed by atoms with Crippen molar-refractivity contribution >= 4 is 17.7 Å². The highest BCUT2D eigenvalue weighted by molar-refractivity contribution is 7.93. The highest BCUT2D eigenvalue weighted by Crippen LogP contribution is 2.50. The first kappa shape index (κ1) is 16.8. The average Bonchev–Trinajstić information content (AvgIpc) is 2.48. The highest BCUT2D eigenvalue weighted by atomic mass is 32.2. The van der Waals surface area contributed by atoms with Crippen molar-refractivity contribution in [3.8, 4) is 5.75 Å². The molecule has 3 rings (SSSR count). The van der Waals surface area contributed by atoms with Gasteiger partial charge in [-0.25, -0.2) is 0 Å². The zero-order chi connectivity index (χ0) is 16.8. The number of aliphatic hydroxyl groups excluding tert-OH is 1. The van der Waals surface area contributed by atoms with Crippen LogP contribution in [0.5, 0.6) is 5.75 Å². The first-order chi connectivity index (χ1) is 10.7. The largest absolute Gasteiger partial charge is 0.620 e. The van der Waals surface area contributed by atoms with E-state index >= 15 is 0 Å². The number of rotatable bonds is 2. The summed E-state index contributed by atoms with van der Waals surface area (Å²) in [6, 6.07) is 4.53. The van der Waals surface area contributed by atoms with Crippen LogP contribution in [0.25, 0.3) is 0 Å². The van der Waals surface area contributed by atoms with Gasteiger partial charge < -0.3 is 15.1 Å². The van der Waals surface area contributed by atoms with E-state index in [-0.39, 0.29) is 5.78 Å². The van der Waals surface area contributed by atoms with Crippen molar-refractivity contribution in [2.75, 3.05) is 12.3 Å². The molecule has 0 spiro atoms. The van der Waals surface area contributed by atoms with Crippen molar-refractivity contribution in [1.82, 2.24) is 0 Å². The summed E-state index contributed by atoms with van der Waals surface area (Å²) in [7, 11) is 0. The Labute approximate surface area is 140 Å². The first-order valence-corrected chi connectivity index (χ1v) is 8.94. The third-order valence-corrected chi connectivity index (χ3v) is 6.04. The minimum Gasteiger partial charge on any atom is -0.620 e. The smallest absolute Gasteiger partial charge is 0.159 e. The number of aliphatic hydroxyl groups is 1. The average molecular weight is 337 g/mol. The molecule has 23 heavy (non-hydrogen) atoms. The SMILES string of the molecule is CC(=O)c1ccc2c(c1)C([N+]1([O-])CCCCS1)C(O)C(C)(C)O2. The third kappa shape index (κ3) is 2.89. The highest BCUT2D eigenvalue weighted by Gasteiger charge is 2.51. The fraction of sp³-hybridized carbons (Fsp3) is 0.588. The van der Waals surface area contributed by atoms with Crippen molar-refractivity contribution in [2.45, 2.75) is 51.4 Å². The number of carbonyl (C=O) groups excluding carboxylic acids is 1. The van der Waals surface area contributed by atoms with E-state index in [0.29, 0.717) is 23.4 Å². The summed E-state index contributed by atoms with van der Waals surface area (Å²) in [5, 5.41) is 24.3. The quantitative estimate of drug-likeness (QED) is 0.388. The molecule has 2 heterocycles. The van der Waals surface area contributed by atoms with Gasteiger partial charge in [-0.3, -0.25) is 8.85 Å². The maximum Gasteiger partial charge on any atom is 0.159 e. The van der Waals surface area contributed by atoms with Crippen molar-refractivity contribution in [3.05, 3.63) is 34.5 Å². The molecule has 3 unspecified atom stereocenters. The number of hydroxylamine groups is 2. The summed E-state index contributed by atoms with van der Waals surface area (Å²) in [4.78, 5) is 11.7. The van der Waals surface area contributed by atoms with Crippen LogP contribution >= 0.6 is 11.9 Å². The number of fused-ring (bicyclic) bond motifs is 1. The number of carbonyl (C=O) groups is 1. The molecule has 0 radical (unpaired) electrons. The molecular weight excluding hydrogens is 314 g/mol. The van der Waals surface area contributed by atoms with Crippen LogP contribution in [0.4, 0.5) is 0 Å². The minimum absolute atomic E-state index is 0.0605. The normalized spacial score (nSPS) is 32.7. The van der Waals surface area contributed by atoms with Crippen LogP contribution in [-0.4, -0.2) is 38.9 Å². The summed E-state index contributed by atoms with van der Waals surface area (Å²) < 4.78 is 5.40. The maximum absolute atomic E-state index is 13.4. The fourth-order valence-corrected chi connectivity index (χ4v) is 4.64. The molecular formula is C17H23NO4S. The molecule has 5 nitrogen and oxygen atoms in total. The molecule has 1 aromatic rings. The Morgan fingerprint density at radius 2 is 2.17 bits per heavy atom. The number of quaternary nitrogens is 1. The van der Waals surface area contributed by atoms with E-state index in [2.05, 4.69) is 0 Å². The first-order valence-electron chi connectivity index (χ1n) is 8.00. The number of hydrogen-bond acceptors (Lipinski definition) is 5. The standard InChI is InChI=1S/C17H23NO4S/c1-11(19)12-6-7-14-13(10-12)15(16(20)17(2,3)22-14)18(21)8-4-5-9-23-18/h6-7,10,15-16,20H,4-5,8-9H2,1-3H3. The lowest BCUT2D eigenvalue weighted by atomic mass is 9.85. The molecule has 0 aromatic heterocycles. The Morgan fingerprint density at radius 1 is 1.43 bits per heavy atom. The topological polar surface area (TPSA) is 69.6 Å². The molecule has 2 aliphatic rings. The van der Waals surface area contributed by atoms with E-state index in [1.165, 1.54) is 18.9 Å². The lowest BCUT2D eigenvalue weighted by Gasteiger charge is -2.54. The zero-order valence-corrected chi connectivity index (χ0v) is 14.6. The molecule has 0 saturated carbocycles. The van der Waals surface area contributed by atoms with Gasteiger partial charge in [0.2, 0.25) is 0 Å². The molecule has 1 fully saturated rings. The molecule has 0 amide bonds. The van der Waals surface area contributed by atoms with Gasteiger partial charge in [0.15, 0.2) is 17.9 Å². The van der Waals surface area contributed by atoms with Crippen LogP contribution in [0.1, 0.15) is 55.6 Å². The number of ketones is 1. The lowest BCUT2D eigenvalue weighted by molar-refractivity contribution is -0.788. The fourth-order valence-electron chi connectivity index (χ4n) is 3.35. The number of hydrogen-bond donors (Lipinski definition) is 1. The Kier molecular flexibility index (Phi) is 4.21. The molecule has 0 aliphatic carbocycles. The zero-order valence-electron chi connectivity index (χ0n) is 13.7. The monoisotopic (exact) mass is 337 g/mol. The van der Waals surface area contributed by atoms with Crippen molar-refractivity contribution in [2.24, 2.45) is 0 Å². The molecule has 6 heteroatoms. The van der Waals surface area contributed by atoms with Crippen molar-refractivity contribution in [1.29, 1.82) is 0 Å². The predicted octanol–water partition coefficient (Wildman–Crippen LogP) is 3.22. The van der Waals surface area contributed by atoms with Crippen LogP contribution < -0.4 is 4.74 Å². The Hall–Kier alpha value is -1.08. The van der Waals surface area contributed by atoms with Gasteiger partial charge in [-0.2, -0.15) is 0 Å². The van der Waals surface area contributed by atoms with Gasteiger partial charge in [0, 0.05) is 11.3 Å². The third-order valence-electron chi connectivity index (χ3n) is 4.72. The Morgan fingerprint density at radius 3 is 2.78 bits per heavy atom. The summed E-state index contributed by atoms with van der Waals surface area (Å²) in [5.74, 6) is 1.32. The molecule has 2 aliphatic heterocycles. The van der Waals surface area contributed by atoms with Gasteiger partial charge in [0.05, 0.1) is 24.1 Å². The second-order valence-electron chi connectivity index (χ2n) is 6.89. The van der Waals surface area contributed by atoms with Crippen molar-refractivity contribution in [3.63, 3.8) is 0 Å². The van der Waals surface area contributed by atoms with Gasteiger partial charge in [0.25, 0.3) is 0 Å². The van der Waals surface area contributed by atoms with E-state index in [1.807, 2.05) is 0 Å². The van der Waals surface area contributed by atoms with Crippen molar-refractivity contribution < 1.29 is 18.7 Å². The summed E-state index contributed by atoms with van der Waals surface area (Å²) in [5.41, 5.74) is 0.343. The van der Waals surface area contributed by atoms with Crippen LogP contribution in [-0.2, 0) is 0 Å². The lowest BCUT2D eigenvalue weighted by Crippen LogP contribution is -2.57. The van der Waals surface area contributed by atoms with Gasteiger partial charge in [0.1, 0.15) is 11.4 Å². The number of ether oxygens (including phenoxy) is 1. The maximum atomic E-state index is 13.4. The van der Waals surface area contributed by atoms with Crippen LogP contribution in [0.3, 0.4) is 0 Å². The van der Waals surface area contributed by atoms with Crippen LogP contribution in [0.2, 0.25) is 0 Å². The minimum atomic E-state index is -0.930. The van der Waals surface area contributed by atoms with Crippen LogP contribution in [0, 0.1) is 5.21 Å². The van der Waals surface area contributed by atoms with E-state index in [4.69, 9.17) is 4.74 Å². The van der Waals surface area contributed by atoms with Gasteiger partial charge in [-0.05, 0) is 51.8 Å². The molecule has 1 N–H and O–H groups in total. The van der Waals surface area contributed by atoms with E-state index in [9.17, 15) is 15.1 Å². The van der Waals surface area contributed by atoms with E-state index < -0.39 is 21.8 Å². The Balaban J connectivity index is 2.13. The number of Topliss-reactive ketones (excluding diaryl/α,β-unsaturated/α-hetero) is 1. The molecule has 3 atom stereocenters. The summed E-state index contributed by atoms with van der Waals surface area (Å²) >= 11 is 1.34. The Bertz CT molecular complexity index is 625. The van der Waals surface area contributed by atoms with E-state index in [1.54, 1.807) is 32.0 Å². The molecule has 0 bridgehead atoms. The van der Waals surface area contributed by atoms with Gasteiger partial charge >= 0.3 is 0 Å².